The zero-order valence-corrected chi connectivity index (χ0v) is 19.6. The second-order valence-electron chi connectivity index (χ2n) is 6.31. The van der Waals surface area contributed by atoms with Crippen LogP contribution in [0.2, 0.25) is 0 Å². The van der Waals surface area contributed by atoms with Gasteiger partial charge in [-0.1, -0.05) is 6.07 Å². The van der Waals surface area contributed by atoms with Crippen LogP contribution in [0.4, 0.5) is 4.39 Å². The summed E-state index contributed by atoms with van der Waals surface area (Å²) in [5.41, 5.74) is 0.823. The third kappa shape index (κ3) is 8.30. The van der Waals surface area contributed by atoms with E-state index < -0.39 is 0 Å². The molecule has 0 bridgehead atoms. The van der Waals surface area contributed by atoms with E-state index in [1.165, 1.54) is 6.07 Å². The van der Waals surface area contributed by atoms with E-state index >= 15 is 0 Å². The minimum Gasteiger partial charge on any atom is -0.358 e. The second-order valence-corrected chi connectivity index (χ2v) is 7.17. The monoisotopic (exact) mass is 555 g/mol. The predicted molar refractivity (Wildman–Crippen MR) is 121 cm³/mol. The Kier molecular flexibility index (Phi) is 11.2. The molecule has 6 nitrogen and oxygen atoms in total. The summed E-state index contributed by atoms with van der Waals surface area (Å²) in [6.07, 6.45) is 1.91. The number of rotatable bonds is 6. The average Bonchev–Trinajstić information content (AvgIpc) is 2.64. The van der Waals surface area contributed by atoms with Crippen LogP contribution in [-0.4, -0.2) is 56.0 Å². The van der Waals surface area contributed by atoms with Crippen LogP contribution in [0.5, 0.6) is 0 Å². The zero-order chi connectivity index (χ0) is 18.9. The first-order valence-electron chi connectivity index (χ1n) is 8.93. The van der Waals surface area contributed by atoms with Crippen molar-refractivity contribution in [2.75, 3.05) is 33.2 Å². The molecule has 9 heteroatoms. The lowest BCUT2D eigenvalue weighted by molar-refractivity contribution is -0.122. The van der Waals surface area contributed by atoms with Gasteiger partial charge in [0.2, 0.25) is 5.91 Å². The molecule has 1 aliphatic rings. The molecule has 0 aliphatic carbocycles. The molecule has 0 aromatic heterocycles. The van der Waals surface area contributed by atoms with E-state index in [-0.39, 0.29) is 35.7 Å². The maximum absolute atomic E-state index is 13.6. The number of piperidine rings is 1. The van der Waals surface area contributed by atoms with E-state index in [0.717, 1.165) is 44.0 Å². The van der Waals surface area contributed by atoms with Crippen molar-refractivity contribution in [1.29, 1.82) is 0 Å². The lowest BCUT2D eigenvalue weighted by atomic mass is 10.1. The molecule has 1 aromatic rings. The highest BCUT2D eigenvalue weighted by Gasteiger charge is 2.21. The van der Waals surface area contributed by atoms with Gasteiger partial charge in [0.15, 0.2) is 5.96 Å². The topological polar surface area (TPSA) is 68.8 Å². The summed E-state index contributed by atoms with van der Waals surface area (Å²) < 4.78 is 14.1. The number of halogens is 3. The molecule has 3 N–H and O–H groups in total. The molecule has 152 valence electrons. The number of hydrogen-bond acceptors (Lipinski definition) is 3. The highest BCUT2D eigenvalue weighted by molar-refractivity contribution is 14.0. The number of nitrogens with one attached hydrogen (secondary N) is 3. The first-order chi connectivity index (χ1) is 12.5. The molecular weight excluding hydrogens is 528 g/mol. The number of carbonyl (C=O) groups excluding carboxylic acids is 1. The van der Waals surface area contributed by atoms with Gasteiger partial charge in [-0.05, 0) is 53.4 Å². The molecule has 1 amide bonds. The number of amides is 1. The molecule has 27 heavy (non-hydrogen) atoms. The fraction of sp³-hybridized carbons (Fsp3) is 0.556. The van der Waals surface area contributed by atoms with E-state index in [2.05, 4.69) is 41.8 Å². The number of carbonyl (C=O) groups is 1. The number of likely N-dealkylation sites (tertiary alicyclic amines) is 1. The highest BCUT2D eigenvalue weighted by atomic mass is 127. The summed E-state index contributed by atoms with van der Waals surface area (Å²) in [5.74, 6) is 0.507. The fourth-order valence-electron chi connectivity index (χ4n) is 2.84. The highest BCUT2D eigenvalue weighted by Crippen LogP contribution is 2.17. The van der Waals surface area contributed by atoms with Crippen molar-refractivity contribution in [2.24, 2.45) is 4.99 Å². The Balaban J connectivity index is 0.00000364. The first kappa shape index (κ1) is 24.1. The molecule has 0 spiro atoms. The number of nitrogens with zero attached hydrogens (tertiary/aromatic N) is 2. The minimum absolute atomic E-state index is 0. The maximum Gasteiger partial charge on any atom is 0.233 e. The molecule has 1 fully saturated rings. The Hall–Kier alpha value is -0.940. The number of likely N-dealkylation sites (N-methyl/N-ethyl adjacent to an activating group) is 1. The van der Waals surface area contributed by atoms with Crippen molar-refractivity contribution in [3.63, 3.8) is 0 Å². The third-order valence-electron chi connectivity index (χ3n) is 4.32. The van der Waals surface area contributed by atoms with Crippen LogP contribution in [0.15, 0.2) is 27.7 Å². The van der Waals surface area contributed by atoms with Crippen LogP contribution in [0, 0.1) is 5.82 Å². The van der Waals surface area contributed by atoms with Crippen LogP contribution >= 0.6 is 39.9 Å². The summed E-state index contributed by atoms with van der Waals surface area (Å²) >= 11 is 3.16. The van der Waals surface area contributed by atoms with Crippen molar-refractivity contribution in [3.05, 3.63) is 34.1 Å². The van der Waals surface area contributed by atoms with Gasteiger partial charge >= 0.3 is 0 Å². The van der Waals surface area contributed by atoms with Crippen LogP contribution < -0.4 is 16.0 Å². The summed E-state index contributed by atoms with van der Waals surface area (Å²) in [7, 11) is 1.66. The van der Waals surface area contributed by atoms with E-state index in [4.69, 9.17) is 0 Å². The molecule has 1 aliphatic heterocycles. The van der Waals surface area contributed by atoms with Gasteiger partial charge in [-0.25, -0.2) is 9.38 Å². The average molecular weight is 556 g/mol. The van der Waals surface area contributed by atoms with Crippen molar-refractivity contribution in [3.8, 4) is 0 Å². The van der Waals surface area contributed by atoms with Crippen molar-refractivity contribution < 1.29 is 9.18 Å². The van der Waals surface area contributed by atoms with Gasteiger partial charge in [0, 0.05) is 32.7 Å². The maximum atomic E-state index is 13.6. The van der Waals surface area contributed by atoms with E-state index in [1.54, 1.807) is 13.1 Å². The Morgan fingerprint density at radius 3 is 2.67 bits per heavy atom. The van der Waals surface area contributed by atoms with Crippen molar-refractivity contribution in [2.45, 2.75) is 32.4 Å². The normalized spacial score (nSPS) is 15.8. The quantitative estimate of drug-likeness (QED) is 0.287. The van der Waals surface area contributed by atoms with Gasteiger partial charge in [-0.3, -0.25) is 9.69 Å². The third-order valence-corrected chi connectivity index (χ3v) is 4.97. The summed E-state index contributed by atoms with van der Waals surface area (Å²) in [4.78, 5) is 18.2. The summed E-state index contributed by atoms with van der Waals surface area (Å²) in [5, 5.41) is 9.34. The molecule has 1 aromatic carbocycles. The Bertz CT molecular complexity index is 638. The van der Waals surface area contributed by atoms with Gasteiger partial charge < -0.3 is 16.0 Å². The van der Waals surface area contributed by atoms with E-state index in [0.29, 0.717) is 23.6 Å². The SMILES string of the molecule is CCNC(=NCc1ccc(Br)c(F)c1)NC1CCN(CC(=O)NC)CC1.I. The number of aliphatic imine (C=N–C) groups is 1. The van der Waals surface area contributed by atoms with Crippen LogP contribution in [0.1, 0.15) is 25.3 Å². The molecule has 2 rings (SSSR count). The number of hydrogen-bond donors (Lipinski definition) is 3. The zero-order valence-electron chi connectivity index (χ0n) is 15.7. The van der Waals surface area contributed by atoms with Crippen LogP contribution in [-0.2, 0) is 11.3 Å². The molecule has 0 radical (unpaired) electrons. The van der Waals surface area contributed by atoms with Crippen molar-refractivity contribution in [1.82, 2.24) is 20.9 Å². The van der Waals surface area contributed by atoms with Crippen LogP contribution in [0.3, 0.4) is 0 Å². The standard InChI is InChI=1S/C18H27BrFN5O.HI/c1-3-22-18(23-11-13-4-5-15(19)16(20)10-13)24-14-6-8-25(9-7-14)12-17(26)21-2;/h4-5,10,14H,3,6-9,11-12H2,1-2H3,(H,21,26)(H2,22,23,24);1H. The molecule has 0 saturated carbocycles. The van der Waals surface area contributed by atoms with Gasteiger partial charge in [0.1, 0.15) is 5.82 Å². The molecular formula is C18H28BrFIN5O. The fourth-order valence-corrected chi connectivity index (χ4v) is 3.09. The van der Waals surface area contributed by atoms with Crippen LogP contribution in [0.25, 0.3) is 0 Å². The number of benzene rings is 1. The molecule has 0 atom stereocenters. The number of guanidine groups is 1. The molecule has 0 unspecified atom stereocenters. The lowest BCUT2D eigenvalue weighted by Gasteiger charge is -2.32. The first-order valence-corrected chi connectivity index (χ1v) is 9.72. The van der Waals surface area contributed by atoms with E-state index in [9.17, 15) is 9.18 Å². The minimum atomic E-state index is -0.279. The molecule has 1 saturated heterocycles. The Morgan fingerprint density at radius 2 is 2.07 bits per heavy atom. The van der Waals surface area contributed by atoms with Gasteiger partial charge in [-0.2, -0.15) is 0 Å². The van der Waals surface area contributed by atoms with Gasteiger partial charge in [0.25, 0.3) is 0 Å². The van der Waals surface area contributed by atoms with Crippen molar-refractivity contribution >= 4 is 51.8 Å². The largest absolute Gasteiger partial charge is 0.358 e. The Morgan fingerprint density at radius 1 is 1.37 bits per heavy atom. The predicted octanol–water partition coefficient (Wildman–Crippen LogP) is 2.47. The lowest BCUT2D eigenvalue weighted by Crippen LogP contribution is -2.50. The summed E-state index contributed by atoms with van der Waals surface area (Å²) in [6.45, 7) is 5.39. The second kappa shape index (κ2) is 12.5. The van der Waals surface area contributed by atoms with Gasteiger partial charge in [0.05, 0.1) is 17.6 Å². The van der Waals surface area contributed by atoms with Gasteiger partial charge in [-0.15, -0.1) is 24.0 Å². The Labute approximate surface area is 185 Å². The molecule has 1 heterocycles. The summed E-state index contributed by atoms with van der Waals surface area (Å²) in [6, 6.07) is 5.37. The van der Waals surface area contributed by atoms with E-state index in [1.807, 2.05) is 13.0 Å². The smallest absolute Gasteiger partial charge is 0.233 e.